The van der Waals surface area contributed by atoms with Crippen molar-refractivity contribution in [3.8, 4) is 5.75 Å². The van der Waals surface area contributed by atoms with Gasteiger partial charge in [-0.1, -0.05) is 30.3 Å². The lowest BCUT2D eigenvalue weighted by atomic mass is 10.0. The summed E-state index contributed by atoms with van der Waals surface area (Å²) in [5, 5.41) is 8.67. The molecule has 0 spiro atoms. The van der Waals surface area contributed by atoms with Gasteiger partial charge in [0.25, 0.3) is 0 Å². The molecule has 31 heavy (non-hydrogen) atoms. The van der Waals surface area contributed by atoms with E-state index in [0.717, 1.165) is 35.4 Å². The van der Waals surface area contributed by atoms with Crippen molar-refractivity contribution in [1.29, 1.82) is 0 Å². The number of nitrogens with zero attached hydrogens (tertiary/aromatic N) is 3. The second-order valence-corrected chi connectivity index (χ2v) is 8.00. The zero-order chi connectivity index (χ0) is 21.2. The monoisotopic (exact) mass is 419 g/mol. The minimum Gasteiger partial charge on any atom is -0.497 e. The van der Waals surface area contributed by atoms with Gasteiger partial charge in [-0.15, -0.1) is 10.2 Å². The highest BCUT2D eigenvalue weighted by molar-refractivity contribution is 5.97. The van der Waals surface area contributed by atoms with Crippen molar-refractivity contribution in [2.45, 2.75) is 37.6 Å². The molecule has 7 nitrogen and oxygen atoms in total. The maximum absolute atomic E-state index is 13.4. The van der Waals surface area contributed by atoms with Crippen molar-refractivity contribution < 1.29 is 18.7 Å². The van der Waals surface area contributed by atoms with Crippen LogP contribution < -0.4 is 9.64 Å². The zero-order valence-corrected chi connectivity index (χ0v) is 17.5. The molecule has 2 aliphatic heterocycles. The first-order valence-electron chi connectivity index (χ1n) is 10.7. The summed E-state index contributed by atoms with van der Waals surface area (Å²) in [7, 11) is 1.63. The lowest BCUT2D eigenvalue weighted by Crippen LogP contribution is -2.33. The van der Waals surface area contributed by atoms with Crippen LogP contribution in [0.5, 0.6) is 5.75 Å². The van der Waals surface area contributed by atoms with Crippen LogP contribution in [0.3, 0.4) is 0 Å². The Morgan fingerprint density at radius 3 is 2.58 bits per heavy atom. The molecule has 0 radical (unpaired) electrons. The van der Waals surface area contributed by atoms with Crippen molar-refractivity contribution in [1.82, 2.24) is 10.2 Å². The van der Waals surface area contributed by atoms with Crippen molar-refractivity contribution in [3.63, 3.8) is 0 Å². The number of hydrogen-bond acceptors (Lipinski definition) is 6. The van der Waals surface area contributed by atoms with Gasteiger partial charge in [0.2, 0.25) is 17.7 Å². The molecular formula is C24H25N3O4. The van der Waals surface area contributed by atoms with Crippen molar-refractivity contribution in [2.24, 2.45) is 0 Å². The number of carbonyl (C=O) groups excluding carboxylic acids is 1. The van der Waals surface area contributed by atoms with E-state index in [1.807, 2.05) is 47.4 Å². The van der Waals surface area contributed by atoms with Gasteiger partial charge in [0.15, 0.2) is 0 Å². The Kier molecular flexibility index (Phi) is 5.42. The smallest absolute Gasteiger partial charge is 0.239 e. The van der Waals surface area contributed by atoms with Crippen molar-refractivity contribution in [3.05, 3.63) is 71.4 Å². The Balaban J connectivity index is 1.41. The number of aromatic nitrogens is 2. The molecule has 0 bridgehead atoms. The number of ether oxygens (including phenoxy) is 2. The lowest BCUT2D eigenvalue weighted by Gasteiger charge is -2.23. The van der Waals surface area contributed by atoms with Crippen LogP contribution in [0.1, 0.15) is 47.7 Å². The Morgan fingerprint density at radius 1 is 1.06 bits per heavy atom. The largest absolute Gasteiger partial charge is 0.497 e. The summed E-state index contributed by atoms with van der Waals surface area (Å²) in [5.41, 5.74) is 2.96. The topological polar surface area (TPSA) is 77.7 Å². The summed E-state index contributed by atoms with van der Waals surface area (Å²) >= 11 is 0. The third-order valence-electron chi connectivity index (χ3n) is 6.07. The molecule has 0 N–H and O–H groups in total. The van der Waals surface area contributed by atoms with Gasteiger partial charge in [0, 0.05) is 31.2 Å². The molecule has 1 fully saturated rings. The van der Waals surface area contributed by atoms with E-state index in [9.17, 15) is 4.79 Å². The van der Waals surface area contributed by atoms with E-state index < -0.39 is 0 Å². The summed E-state index contributed by atoms with van der Waals surface area (Å²) in [6, 6.07) is 15.3. The Labute approximate surface area is 181 Å². The number of benzene rings is 2. The highest BCUT2D eigenvalue weighted by Gasteiger charge is 2.38. The number of amides is 1. The molecule has 2 aromatic carbocycles. The molecule has 3 aromatic rings. The Hall–Kier alpha value is -3.19. The third kappa shape index (κ3) is 3.93. The highest BCUT2D eigenvalue weighted by Crippen LogP contribution is 2.41. The minimum atomic E-state index is -0.288. The Bertz CT molecular complexity index is 1060. The van der Waals surface area contributed by atoms with Crippen LogP contribution in [0, 0.1) is 0 Å². The predicted octanol–water partition coefficient (Wildman–Crippen LogP) is 3.85. The number of para-hydroxylation sites is 1. The van der Waals surface area contributed by atoms with Gasteiger partial charge in [-0.05, 0) is 42.2 Å². The van der Waals surface area contributed by atoms with Crippen molar-refractivity contribution in [2.75, 3.05) is 25.2 Å². The van der Waals surface area contributed by atoms with Crippen LogP contribution in [-0.2, 0) is 22.4 Å². The maximum Gasteiger partial charge on any atom is 0.239 e. The number of methoxy groups -OCH3 is 1. The molecular weight excluding hydrogens is 394 g/mol. The molecule has 1 aromatic heterocycles. The first-order valence-corrected chi connectivity index (χ1v) is 10.7. The maximum atomic E-state index is 13.4. The first-order chi connectivity index (χ1) is 15.2. The van der Waals surface area contributed by atoms with Gasteiger partial charge in [0.05, 0.1) is 13.5 Å². The first kappa shape index (κ1) is 19.8. The summed E-state index contributed by atoms with van der Waals surface area (Å²) in [6.45, 7) is 1.42. The molecule has 1 saturated heterocycles. The van der Waals surface area contributed by atoms with E-state index in [1.54, 1.807) is 7.11 Å². The lowest BCUT2D eigenvalue weighted by molar-refractivity contribution is -0.118. The molecule has 2 aliphatic rings. The van der Waals surface area contributed by atoms with Crippen LogP contribution in [0.4, 0.5) is 5.69 Å². The standard InChI is InChI=1S/C24H25N3O4/c1-29-19-8-6-16(7-9-19)14-22(28)27-20-5-3-2-4-18(20)15-21(27)24-26-25-23(31-24)17-10-12-30-13-11-17/h2-9,17,21H,10-15H2,1H3. The molecule has 160 valence electrons. The van der Waals surface area contributed by atoms with E-state index in [4.69, 9.17) is 13.9 Å². The average Bonchev–Trinajstić information content (AvgIpc) is 3.45. The van der Waals surface area contributed by atoms with Crippen LogP contribution in [0.25, 0.3) is 0 Å². The summed E-state index contributed by atoms with van der Waals surface area (Å²) in [5.74, 6) is 2.15. The quantitative estimate of drug-likeness (QED) is 0.625. The summed E-state index contributed by atoms with van der Waals surface area (Å²) in [6.07, 6.45) is 2.72. The number of carbonyl (C=O) groups is 1. The minimum absolute atomic E-state index is 0.00549. The number of hydrogen-bond donors (Lipinski definition) is 0. The normalized spacial score (nSPS) is 18.7. The second kappa shape index (κ2) is 8.51. The van der Waals surface area contributed by atoms with E-state index >= 15 is 0 Å². The zero-order valence-electron chi connectivity index (χ0n) is 17.5. The molecule has 1 atom stereocenters. The van der Waals surface area contributed by atoms with Crippen LogP contribution >= 0.6 is 0 Å². The molecule has 0 saturated carbocycles. The van der Waals surface area contributed by atoms with Gasteiger partial charge < -0.3 is 13.9 Å². The van der Waals surface area contributed by atoms with E-state index in [-0.39, 0.29) is 24.3 Å². The second-order valence-electron chi connectivity index (χ2n) is 8.00. The van der Waals surface area contributed by atoms with Crippen LogP contribution in [-0.4, -0.2) is 36.4 Å². The molecule has 5 rings (SSSR count). The van der Waals surface area contributed by atoms with E-state index in [1.165, 1.54) is 0 Å². The predicted molar refractivity (Wildman–Crippen MR) is 114 cm³/mol. The van der Waals surface area contributed by atoms with Crippen LogP contribution in [0.15, 0.2) is 52.9 Å². The SMILES string of the molecule is COc1ccc(CC(=O)N2c3ccccc3CC2c2nnc(C3CCOCC3)o2)cc1. The van der Waals surface area contributed by atoms with Gasteiger partial charge in [-0.3, -0.25) is 9.69 Å². The van der Waals surface area contributed by atoms with E-state index in [2.05, 4.69) is 16.3 Å². The summed E-state index contributed by atoms with van der Waals surface area (Å²) < 4.78 is 16.8. The fourth-order valence-electron chi connectivity index (χ4n) is 4.39. The fraction of sp³-hybridized carbons (Fsp3) is 0.375. The number of fused-ring (bicyclic) bond motifs is 1. The van der Waals surface area contributed by atoms with Gasteiger partial charge in [-0.25, -0.2) is 0 Å². The van der Waals surface area contributed by atoms with Gasteiger partial charge in [-0.2, -0.15) is 0 Å². The molecule has 3 heterocycles. The number of anilines is 1. The van der Waals surface area contributed by atoms with E-state index in [0.29, 0.717) is 31.4 Å². The summed E-state index contributed by atoms with van der Waals surface area (Å²) in [4.78, 5) is 15.2. The van der Waals surface area contributed by atoms with Crippen molar-refractivity contribution >= 4 is 11.6 Å². The number of rotatable bonds is 5. The highest BCUT2D eigenvalue weighted by atomic mass is 16.5. The fourth-order valence-corrected chi connectivity index (χ4v) is 4.39. The van der Waals surface area contributed by atoms with Crippen LogP contribution in [0.2, 0.25) is 0 Å². The van der Waals surface area contributed by atoms with Gasteiger partial charge >= 0.3 is 0 Å². The van der Waals surface area contributed by atoms with Gasteiger partial charge in [0.1, 0.15) is 11.8 Å². The molecule has 0 aliphatic carbocycles. The molecule has 1 amide bonds. The molecule has 1 unspecified atom stereocenters. The molecule has 7 heteroatoms. The Morgan fingerprint density at radius 2 is 1.81 bits per heavy atom. The third-order valence-corrected chi connectivity index (χ3v) is 6.07. The average molecular weight is 419 g/mol.